The third-order valence-electron chi connectivity index (χ3n) is 11.7. The first kappa shape index (κ1) is 39.4. The third-order valence-corrected chi connectivity index (χ3v) is 11.7. The average Bonchev–Trinajstić information content (AvgIpc) is 3.66. The van der Waals surface area contributed by atoms with Gasteiger partial charge in [0.1, 0.15) is 17.1 Å². The van der Waals surface area contributed by atoms with Crippen molar-refractivity contribution in [2.75, 3.05) is 0 Å². The van der Waals surface area contributed by atoms with E-state index >= 15 is 0 Å². The van der Waals surface area contributed by atoms with E-state index in [2.05, 4.69) is 193 Å². The van der Waals surface area contributed by atoms with Crippen molar-refractivity contribution in [1.82, 2.24) is 19.5 Å². The van der Waals surface area contributed by atoms with Crippen molar-refractivity contribution in [3.05, 3.63) is 187 Å². The first-order valence-electron chi connectivity index (χ1n) is 21.0. The zero-order valence-electron chi connectivity index (χ0n) is 35.9. The number of phenols is 1. The molecule has 3 aromatic heterocycles. The van der Waals surface area contributed by atoms with Gasteiger partial charge in [-0.2, -0.15) is 0 Å². The Morgan fingerprint density at radius 3 is 1.82 bits per heavy atom. The summed E-state index contributed by atoms with van der Waals surface area (Å²) in [5.74, 6) is 0.891. The van der Waals surface area contributed by atoms with E-state index in [-0.39, 0.29) is 16.6 Å². The number of aromatic hydroxyl groups is 1. The van der Waals surface area contributed by atoms with Crippen molar-refractivity contribution >= 4 is 11.0 Å². The molecular weight excluding hydrogens is 745 g/mol. The Hall–Kier alpha value is -7.11. The Bertz CT molecular complexity index is 3040. The van der Waals surface area contributed by atoms with Gasteiger partial charge in [0.2, 0.25) is 0 Å². The van der Waals surface area contributed by atoms with Crippen LogP contribution < -0.4 is 0 Å². The van der Waals surface area contributed by atoms with Gasteiger partial charge in [0, 0.05) is 34.6 Å². The molecule has 0 aliphatic rings. The second kappa shape index (κ2) is 15.5. The van der Waals surface area contributed by atoms with Crippen LogP contribution in [0.3, 0.4) is 0 Å². The Labute approximate surface area is 359 Å². The largest absolute Gasteiger partial charge is 0.507 e. The van der Waals surface area contributed by atoms with Crippen molar-refractivity contribution in [2.45, 2.75) is 59.3 Å². The first-order chi connectivity index (χ1) is 29.3. The first-order valence-corrected chi connectivity index (χ1v) is 21.0. The molecule has 61 heavy (non-hydrogen) atoms. The Morgan fingerprint density at radius 2 is 1.11 bits per heavy atom. The van der Waals surface area contributed by atoms with Crippen molar-refractivity contribution < 1.29 is 5.11 Å². The molecule has 9 aromatic rings. The molecule has 0 bridgehead atoms. The minimum Gasteiger partial charge on any atom is -0.507 e. The van der Waals surface area contributed by atoms with Crippen LogP contribution in [0.4, 0.5) is 0 Å². The van der Waals surface area contributed by atoms with Gasteiger partial charge in [-0.3, -0.25) is 14.5 Å². The number of hydrogen-bond donors (Lipinski definition) is 1. The quantitative estimate of drug-likeness (QED) is 0.175. The zero-order chi connectivity index (χ0) is 42.5. The van der Waals surface area contributed by atoms with E-state index in [0.29, 0.717) is 11.4 Å². The molecule has 0 saturated heterocycles. The molecule has 0 atom stereocenters. The van der Waals surface area contributed by atoms with Crippen molar-refractivity contribution in [1.29, 1.82) is 0 Å². The highest BCUT2D eigenvalue weighted by atomic mass is 16.3. The molecule has 0 aliphatic heterocycles. The molecule has 0 aliphatic carbocycles. The van der Waals surface area contributed by atoms with E-state index < -0.39 is 0 Å². The number of nitrogens with zero attached hydrogens (tertiary/aromatic N) is 4. The fraction of sp³-hybridized carbons (Fsp3) is 0.161. The number of benzene rings is 6. The van der Waals surface area contributed by atoms with Crippen LogP contribution in [0.1, 0.15) is 58.2 Å². The minimum absolute atomic E-state index is 0.177. The number of hydrogen-bond acceptors (Lipinski definition) is 4. The summed E-state index contributed by atoms with van der Waals surface area (Å²) in [6, 6.07) is 55.0. The van der Waals surface area contributed by atoms with Gasteiger partial charge in [-0.15, -0.1) is 0 Å². The van der Waals surface area contributed by atoms with Crippen LogP contribution >= 0.6 is 0 Å². The molecule has 0 radical (unpaired) electrons. The van der Waals surface area contributed by atoms with Crippen LogP contribution in [-0.4, -0.2) is 24.6 Å². The van der Waals surface area contributed by atoms with Gasteiger partial charge in [0.15, 0.2) is 0 Å². The van der Waals surface area contributed by atoms with E-state index in [0.717, 1.165) is 78.2 Å². The van der Waals surface area contributed by atoms with E-state index in [1.54, 1.807) is 0 Å². The highest BCUT2D eigenvalue weighted by Crippen LogP contribution is 2.45. The molecule has 0 unspecified atom stereocenters. The standard InChI is InChI=1S/C56H50N4O/c1-36-35-58-48(34-45(36)40-27-25-38(26-28-40)37-17-10-8-11-18-37)41-21-16-22-42(31-41)51-52-50(29-30-57-51)60(49-24-15-14-23-44(49)39-19-12-9-13-20-39)54(59-52)46-32-43(55(2,3)4)33-47(53(46)61)56(5,6)7/h8-35,61H,1-7H3. The molecule has 3 heterocycles. The van der Waals surface area contributed by atoms with E-state index in [1.165, 1.54) is 11.1 Å². The Kier molecular flexibility index (Phi) is 9.99. The van der Waals surface area contributed by atoms with Gasteiger partial charge in [0.25, 0.3) is 0 Å². The summed E-state index contributed by atoms with van der Waals surface area (Å²) >= 11 is 0. The zero-order valence-corrected chi connectivity index (χ0v) is 35.9. The van der Waals surface area contributed by atoms with Crippen molar-refractivity contribution in [2.24, 2.45) is 0 Å². The molecule has 9 rings (SSSR count). The van der Waals surface area contributed by atoms with Crippen LogP contribution in [-0.2, 0) is 10.8 Å². The van der Waals surface area contributed by atoms with Crippen LogP contribution in [0.25, 0.3) is 84.0 Å². The monoisotopic (exact) mass is 794 g/mol. The lowest BCUT2D eigenvalue weighted by Gasteiger charge is -2.27. The summed E-state index contributed by atoms with van der Waals surface area (Å²) in [4.78, 5) is 15.5. The van der Waals surface area contributed by atoms with Gasteiger partial charge in [-0.1, -0.05) is 169 Å². The van der Waals surface area contributed by atoms with Crippen molar-refractivity contribution in [3.63, 3.8) is 0 Å². The molecule has 0 spiro atoms. The van der Waals surface area contributed by atoms with E-state index in [9.17, 15) is 5.11 Å². The number of pyridine rings is 2. The topological polar surface area (TPSA) is 63.8 Å². The number of rotatable bonds is 7. The maximum atomic E-state index is 12.3. The highest BCUT2D eigenvalue weighted by molar-refractivity contribution is 5.96. The molecule has 6 aromatic carbocycles. The maximum absolute atomic E-state index is 12.3. The van der Waals surface area contributed by atoms with Gasteiger partial charge >= 0.3 is 0 Å². The Morgan fingerprint density at radius 1 is 0.508 bits per heavy atom. The molecule has 5 heteroatoms. The van der Waals surface area contributed by atoms with Gasteiger partial charge in [-0.05, 0) is 87.0 Å². The lowest BCUT2D eigenvalue weighted by atomic mass is 9.79. The predicted molar refractivity (Wildman–Crippen MR) is 253 cm³/mol. The van der Waals surface area contributed by atoms with E-state index in [1.807, 2.05) is 30.6 Å². The second-order valence-corrected chi connectivity index (χ2v) is 18.0. The molecule has 0 amide bonds. The summed E-state index contributed by atoms with van der Waals surface area (Å²) in [7, 11) is 0. The maximum Gasteiger partial charge on any atom is 0.149 e. The number of phenolic OH excluding ortho intramolecular Hbond substituents is 1. The second-order valence-electron chi connectivity index (χ2n) is 18.0. The number of imidazole rings is 1. The number of aromatic nitrogens is 4. The molecule has 0 fully saturated rings. The fourth-order valence-corrected chi connectivity index (χ4v) is 8.27. The van der Waals surface area contributed by atoms with Gasteiger partial charge in [0.05, 0.1) is 28.2 Å². The highest BCUT2D eigenvalue weighted by Gasteiger charge is 2.29. The summed E-state index contributed by atoms with van der Waals surface area (Å²) in [6.45, 7) is 15.2. The molecule has 300 valence electrons. The van der Waals surface area contributed by atoms with Crippen LogP contribution in [0.2, 0.25) is 0 Å². The summed E-state index contributed by atoms with van der Waals surface area (Å²) in [5.41, 5.74) is 16.3. The van der Waals surface area contributed by atoms with Crippen LogP contribution in [0.5, 0.6) is 5.75 Å². The molecule has 5 nitrogen and oxygen atoms in total. The van der Waals surface area contributed by atoms with Gasteiger partial charge in [-0.25, -0.2) is 4.98 Å². The Balaban J connectivity index is 1.22. The lowest BCUT2D eigenvalue weighted by molar-refractivity contribution is 0.446. The lowest BCUT2D eigenvalue weighted by Crippen LogP contribution is -2.17. The third kappa shape index (κ3) is 7.53. The van der Waals surface area contributed by atoms with E-state index in [4.69, 9.17) is 15.0 Å². The SMILES string of the molecule is Cc1cnc(-c2cccc(-c3nccc4c3nc(-c3cc(C(C)(C)C)cc(C(C)(C)C)c3O)n4-c3ccccc3-c3ccccc3)c2)cc1-c1ccc(-c2ccccc2)cc1. The molecule has 1 N–H and O–H groups in total. The number of aryl methyl sites for hydroxylation is 1. The minimum atomic E-state index is -0.318. The summed E-state index contributed by atoms with van der Waals surface area (Å²) in [6.07, 6.45) is 3.83. The number of para-hydroxylation sites is 1. The molecular formula is C56H50N4O. The van der Waals surface area contributed by atoms with Crippen LogP contribution in [0, 0.1) is 6.92 Å². The van der Waals surface area contributed by atoms with Gasteiger partial charge < -0.3 is 5.11 Å². The fourth-order valence-electron chi connectivity index (χ4n) is 8.27. The summed E-state index contributed by atoms with van der Waals surface area (Å²) in [5, 5.41) is 12.3. The normalized spacial score (nSPS) is 11.9. The smallest absolute Gasteiger partial charge is 0.149 e. The predicted octanol–water partition coefficient (Wildman–Crippen LogP) is 14.4. The summed E-state index contributed by atoms with van der Waals surface area (Å²) < 4.78 is 2.21. The molecule has 0 saturated carbocycles. The average molecular weight is 795 g/mol. The van der Waals surface area contributed by atoms with Crippen molar-refractivity contribution in [3.8, 4) is 78.7 Å². The number of fused-ring (bicyclic) bond motifs is 1. The van der Waals surface area contributed by atoms with Crippen LogP contribution in [0.15, 0.2) is 170 Å².